The second-order valence-corrected chi connectivity index (χ2v) is 11.9. The van der Waals surface area contributed by atoms with Gasteiger partial charge in [-0.15, -0.1) is 0 Å². The lowest BCUT2D eigenvalue weighted by atomic mass is 9.64. The SMILES string of the molecule is CC12OOC(c3cc4c(-c5ccc(C(=O)O)cc5C(=O)O)c5cc(Cl)c(=O)cc-5oc4cc3O)(c3ccccc31)c1ccccc12. The lowest BCUT2D eigenvalue weighted by Crippen LogP contribution is -2.51. The van der Waals surface area contributed by atoms with E-state index in [1.165, 1.54) is 30.3 Å². The molecule has 46 heavy (non-hydrogen) atoms. The van der Waals surface area contributed by atoms with Crippen LogP contribution in [0.1, 0.15) is 55.5 Å². The van der Waals surface area contributed by atoms with Gasteiger partial charge in [0.25, 0.3) is 0 Å². The Morgan fingerprint density at radius 2 is 1.39 bits per heavy atom. The second kappa shape index (κ2) is 9.51. The third-order valence-electron chi connectivity index (χ3n) is 9.01. The zero-order chi connectivity index (χ0) is 32.1. The van der Waals surface area contributed by atoms with E-state index in [1.807, 2.05) is 55.5 Å². The summed E-state index contributed by atoms with van der Waals surface area (Å²) in [6.45, 7) is 1.92. The Bertz CT molecular complexity index is 2310. The first-order chi connectivity index (χ1) is 22.0. The number of carboxylic acids is 2. The molecule has 0 unspecified atom stereocenters. The van der Waals surface area contributed by atoms with Crippen LogP contribution in [0.2, 0.25) is 5.02 Å². The minimum Gasteiger partial charge on any atom is -0.507 e. The quantitative estimate of drug-likeness (QED) is 0.136. The monoisotopic (exact) mass is 632 g/mol. The van der Waals surface area contributed by atoms with Crippen molar-refractivity contribution in [1.29, 1.82) is 0 Å². The largest absolute Gasteiger partial charge is 0.507 e. The van der Waals surface area contributed by atoms with E-state index in [2.05, 4.69) is 0 Å². The summed E-state index contributed by atoms with van der Waals surface area (Å²) in [4.78, 5) is 49.3. The van der Waals surface area contributed by atoms with E-state index in [0.717, 1.165) is 28.3 Å². The summed E-state index contributed by atoms with van der Waals surface area (Å²) in [6.07, 6.45) is 0. The van der Waals surface area contributed by atoms with E-state index < -0.39 is 28.6 Å². The molecule has 226 valence electrons. The van der Waals surface area contributed by atoms with E-state index in [-0.39, 0.29) is 44.4 Å². The highest BCUT2D eigenvalue weighted by Gasteiger charge is 2.58. The van der Waals surface area contributed by atoms with E-state index in [9.17, 15) is 29.7 Å². The van der Waals surface area contributed by atoms with Crippen molar-refractivity contribution >= 4 is 34.5 Å². The molecule has 10 heteroatoms. The number of phenolic OH excluding ortho intramolecular Hbond substituents is 1. The number of benzene rings is 5. The Hall–Kier alpha value is -5.48. The van der Waals surface area contributed by atoms with Crippen LogP contribution in [0.3, 0.4) is 0 Å². The van der Waals surface area contributed by atoms with E-state index >= 15 is 0 Å². The van der Waals surface area contributed by atoms with Gasteiger partial charge in [0.2, 0.25) is 5.43 Å². The van der Waals surface area contributed by atoms with Crippen molar-refractivity contribution in [3.05, 3.63) is 145 Å². The van der Waals surface area contributed by atoms with Gasteiger partial charge in [-0.25, -0.2) is 19.4 Å². The van der Waals surface area contributed by atoms with Crippen LogP contribution in [0.15, 0.2) is 100 Å². The third-order valence-corrected chi connectivity index (χ3v) is 9.31. The van der Waals surface area contributed by atoms with Gasteiger partial charge in [-0.2, -0.15) is 0 Å². The Morgan fingerprint density at radius 3 is 2.02 bits per heavy atom. The fourth-order valence-electron chi connectivity index (χ4n) is 6.93. The van der Waals surface area contributed by atoms with Gasteiger partial charge < -0.3 is 19.7 Å². The molecule has 3 aliphatic heterocycles. The fourth-order valence-corrected chi connectivity index (χ4v) is 7.10. The van der Waals surface area contributed by atoms with Gasteiger partial charge in [0.1, 0.15) is 17.1 Å². The predicted molar refractivity (Wildman–Crippen MR) is 167 cm³/mol. The minimum atomic E-state index is -1.45. The summed E-state index contributed by atoms with van der Waals surface area (Å²) in [5.74, 6) is -2.80. The first-order valence-corrected chi connectivity index (χ1v) is 14.5. The zero-order valence-electron chi connectivity index (χ0n) is 23.8. The maximum Gasteiger partial charge on any atom is 0.336 e. The van der Waals surface area contributed by atoms with Crippen LogP contribution in [-0.4, -0.2) is 27.3 Å². The summed E-state index contributed by atoms with van der Waals surface area (Å²) >= 11 is 6.30. The van der Waals surface area contributed by atoms with E-state index in [1.54, 1.807) is 6.07 Å². The zero-order valence-corrected chi connectivity index (χ0v) is 24.6. The summed E-state index contributed by atoms with van der Waals surface area (Å²) in [5, 5.41) is 31.8. The summed E-state index contributed by atoms with van der Waals surface area (Å²) < 4.78 is 6.13. The molecule has 0 radical (unpaired) electrons. The van der Waals surface area contributed by atoms with Gasteiger partial charge in [0.05, 0.1) is 16.1 Å². The van der Waals surface area contributed by atoms with Crippen molar-refractivity contribution in [2.75, 3.05) is 0 Å². The molecular formula is C36H21ClO9. The van der Waals surface area contributed by atoms with Crippen LogP contribution in [0.25, 0.3) is 33.4 Å². The highest BCUT2D eigenvalue weighted by atomic mass is 35.5. The average molecular weight is 633 g/mol. The number of halogens is 1. The summed E-state index contributed by atoms with van der Waals surface area (Å²) in [7, 11) is 0. The van der Waals surface area contributed by atoms with Gasteiger partial charge in [-0.05, 0) is 47.9 Å². The van der Waals surface area contributed by atoms with Gasteiger partial charge in [0, 0.05) is 45.3 Å². The molecule has 2 bridgehead atoms. The number of fused-ring (bicyclic) bond motifs is 3. The number of hydrogen-bond acceptors (Lipinski definition) is 7. The Kier molecular flexibility index (Phi) is 5.79. The molecule has 0 aromatic heterocycles. The van der Waals surface area contributed by atoms with Crippen LogP contribution in [0.4, 0.5) is 0 Å². The second-order valence-electron chi connectivity index (χ2n) is 11.5. The smallest absolute Gasteiger partial charge is 0.336 e. The normalized spacial score (nSPS) is 19.6. The van der Waals surface area contributed by atoms with Crippen LogP contribution >= 0.6 is 11.6 Å². The molecule has 0 saturated heterocycles. The molecule has 0 amide bonds. The van der Waals surface area contributed by atoms with Crippen LogP contribution in [0.5, 0.6) is 5.75 Å². The topological polar surface area (TPSA) is 144 Å². The number of carboxylic acid groups (broad SMARTS) is 2. The predicted octanol–water partition coefficient (Wildman–Crippen LogP) is 7.15. The molecule has 9 nitrogen and oxygen atoms in total. The molecule has 3 N–H and O–H groups in total. The number of hydrogen-bond donors (Lipinski definition) is 3. The lowest BCUT2D eigenvalue weighted by Gasteiger charge is -2.52. The van der Waals surface area contributed by atoms with E-state index in [0.29, 0.717) is 16.5 Å². The molecule has 5 aliphatic rings. The van der Waals surface area contributed by atoms with Gasteiger partial charge in [0.15, 0.2) is 11.2 Å². The number of aromatic hydroxyl groups is 1. The van der Waals surface area contributed by atoms with Crippen molar-refractivity contribution in [3.8, 4) is 28.2 Å². The average Bonchev–Trinajstić information content (AvgIpc) is 3.05. The molecule has 0 saturated carbocycles. The molecule has 3 heterocycles. The fraction of sp³-hybridized carbons (Fsp3) is 0.0833. The molecule has 0 fully saturated rings. The summed E-state index contributed by atoms with van der Waals surface area (Å²) in [5.41, 5.74) is 0.899. The lowest BCUT2D eigenvalue weighted by molar-refractivity contribution is -0.415. The van der Waals surface area contributed by atoms with Crippen molar-refractivity contribution in [2.24, 2.45) is 0 Å². The highest BCUT2D eigenvalue weighted by Crippen LogP contribution is 2.60. The third kappa shape index (κ3) is 3.61. The molecule has 2 aliphatic carbocycles. The molecular weight excluding hydrogens is 612 g/mol. The molecule has 4 aromatic rings. The maximum atomic E-state index is 12.6. The van der Waals surface area contributed by atoms with Crippen LogP contribution < -0.4 is 5.43 Å². The van der Waals surface area contributed by atoms with Crippen molar-refractivity contribution in [2.45, 2.75) is 18.1 Å². The highest BCUT2D eigenvalue weighted by molar-refractivity contribution is 6.31. The van der Waals surface area contributed by atoms with Gasteiger partial charge >= 0.3 is 11.9 Å². The Balaban J connectivity index is 1.53. The minimum absolute atomic E-state index is 0.0854. The first kappa shape index (κ1) is 28.0. The molecule has 0 spiro atoms. The Morgan fingerprint density at radius 1 is 0.739 bits per heavy atom. The van der Waals surface area contributed by atoms with Crippen molar-refractivity contribution in [1.82, 2.24) is 0 Å². The van der Waals surface area contributed by atoms with Gasteiger partial charge in [-0.3, -0.25) is 4.79 Å². The van der Waals surface area contributed by atoms with Gasteiger partial charge in [-0.1, -0.05) is 66.2 Å². The molecule has 9 rings (SSSR count). The van der Waals surface area contributed by atoms with Crippen LogP contribution in [0, 0.1) is 0 Å². The van der Waals surface area contributed by atoms with Crippen LogP contribution in [-0.2, 0) is 21.0 Å². The first-order valence-electron chi connectivity index (χ1n) is 14.2. The van der Waals surface area contributed by atoms with Crippen molar-refractivity contribution < 1.29 is 39.1 Å². The Labute approximate surface area is 264 Å². The number of aromatic carboxylic acids is 2. The van der Waals surface area contributed by atoms with Crippen molar-refractivity contribution in [3.63, 3.8) is 0 Å². The molecule has 4 aromatic carbocycles. The number of rotatable bonds is 4. The van der Waals surface area contributed by atoms with E-state index in [4.69, 9.17) is 25.8 Å². The standard InChI is InChI=1S/C36H21ClO9/c1-35-22-6-2-4-8-24(22)36(46-45-35,25-9-5-3-7-23(25)35)26-13-20-30(15-28(26)38)44-31-16-29(39)27(37)14-21(31)32(20)18-11-10-17(33(40)41)12-19(18)34(42)43/h2-16,38H,1H3,(H,40,41)(H,42,43). The maximum absolute atomic E-state index is 12.6. The summed E-state index contributed by atoms with van der Waals surface area (Å²) in [6, 6.07) is 24.6. The number of phenols is 1. The molecule has 0 atom stereocenters. The number of carbonyl (C=O) groups is 2.